The number of benzene rings is 1. The number of piperidine rings is 1. The van der Waals surface area contributed by atoms with Gasteiger partial charge >= 0.3 is 0 Å². The molecule has 144 valence electrons. The second kappa shape index (κ2) is 8.06. The molecule has 0 bridgehead atoms. The van der Waals surface area contributed by atoms with Crippen LogP contribution in [0.4, 0.5) is 4.39 Å². The molecule has 1 aromatic carbocycles. The molecule has 5 nitrogen and oxygen atoms in total. The molecule has 1 unspecified atom stereocenters. The highest BCUT2D eigenvalue weighted by Gasteiger charge is 2.30. The van der Waals surface area contributed by atoms with Crippen LogP contribution >= 0.6 is 11.3 Å². The number of aromatic amines is 1. The maximum absolute atomic E-state index is 14.0. The summed E-state index contributed by atoms with van der Waals surface area (Å²) >= 11 is 1.54. The number of amides is 1. The van der Waals surface area contributed by atoms with Crippen LogP contribution in [0, 0.1) is 5.82 Å². The van der Waals surface area contributed by atoms with Crippen molar-refractivity contribution in [3.8, 4) is 11.3 Å². The van der Waals surface area contributed by atoms with Crippen LogP contribution in [0.5, 0.6) is 0 Å². The predicted octanol–water partition coefficient (Wildman–Crippen LogP) is 3.93. The fraction of sp³-hybridized carbons (Fsp3) is 0.286. The van der Waals surface area contributed by atoms with Gasteiger partial charge in [0.15, 0.2) is 0 Å². The summed E-state index contributed by atoms with van der Waals surface area (Å²) in [6, 6.07) is 9.40. The van der Waals surface area contributed by atoms with Gasteiger partial charge in [0.2, 0.25) is 5.91 Å². The van der Waals surface area contributed by atoms with Crippen LogP contribution < -0.4 is 5.56 Å². The average Bonchev–Trinajstić information content (AvgIpc) is 3.24. The van der Waals surface area contributed by atoms with E-state index in [0.717, 1.165) is 24.8 Å². The fourth-order valence-corrected chi connectivity index (χ4v) is 4.26. The summed E-state index contributed by atoms with van der Waals surface area (Å²) in [5, 5.41) is 3.87. The lowest BCUT2D eigenvalue weighted by molar-refractivity contribution is -0.134. The van der Waals surface area contributed by atoms with E-state index in [1.54, 1.807) is 23.1 Å². The Morgan fingerprint density at radius 1 is 1.29 bits per heavy atom. The molecule has 1 aliphatic heterocycles. The minimum absolute atomic E-state index is 0.00235. The first kappa shape index (κ1) is 18.6. The molecule has 1 atom stereocenters. The first-order chi connectivity index (χ1) is 13.6. The molecule has 4 rings (SSSR count). The van der Waals surface area contributed by atoms with Crippen LogP contribution in [0.3, 0.4) is 0 Å². The number of carbonyl (C=O) groups excluding carboxylic acids is 1. The lowest BCUT2D eigenvalue weighted by Gasteiger charge is -2.35. The van der Waals surface area contributed by atoms with Gasteiger partial charge in [-0.15, -0.1) is 0 Å². The van der Waals surface area contributed by atoms with Crippen molar-refractivity contribution in [3.63, 3.8) is 0 Å². The Bertz CT molecular complexity index is 1030. The van der Waals surface area contributed by atoms with E-state index in [4.69, 9.17) is 0 Å². The minimum atomic E-state index is -0.379. The van der Waals surface area contributed by atoms with Crippen LogP contribution in [-0.2, 0) is 11.2 Å². The molecule has 0 aliphatic carbocycles. The minimum Gasteiger partial charge on any atom is -0.332 e. The number of nitrogens with one attached hydrogen (secondary N) is 1. The number of hydrogen-bond acceptors (Lipinski definition) is 4. The molecule has 2 aromatic heterocycles. The van der Waals surface area contributed by atoms with E-state index in [-0.39, 0.29) is 29.7 Å². The van der Waals surface area contributed by atoms with E-state index in [0.29, 0.717) is 23.6 Å². The van der Waals surface area contributed by atoms with Gasteiger partial charge in [-0.05, 0) is 42.3 Å². The Hall–Kier alpha value is -2.80. The quantitative estimate of drug-likeness (QED) is 0.725. The maximum atomic E-state index is 14.0. The first-order valence-corrected chi connectivity index (χ1v) is 10.2. The van der Waals surface area contributed by atoms with Crippen molar-refractivity contribution in [3.05, 3.63) is 74.7 Å². The smallest absolute Gasteiger partial charge is 0.251 e. The number of H-pyrrole nitrogens is 1. The number of hydrogen-bond donors (Lipinski definition) is 1. The van der Waals surface area contributed by atoms with Crippen LogP contribution in [0.1, 0.15) is 36.7 Å². The molecule has 0 spiro atoms. The molecule has 7 heteroatoms. The molecule has 1 saturated heterocycles. The zero-order chi connectivity index (χ0) is 19.5. The maximum Gasteiger partial charge on any atom is 0.251 e. The average molecular weight is 397 g/mol. The number of halogens is 1. The number of thiophene rings is 1. The van der Waals surface area contributed by atoms with Crippen molar-refractivity contribution in [2.24, 2.45) is 0 Å². The largest absolute Gasteiger partial charge is 0.332 e. The second-order valence-electron chi connectivity index (χ2n) is 6.89. The van der Waals surface area contributed by atoms with Gasteiger partial charge in [-0.25, -0.2) is 9.37 Å². The van der Waals surface area contributed by atoms with E-state index < -0.39 is 0 Å². The third-order valence-electron chi connectivity index (χ3n) is 5.02. The van der Waals surface area contributed by atoms with Gasteiger partial charge in [0.05, 0.1) is 18.2 Å². The molecule has 1 amide bonds. The van der Waals surface area contributed by atoms with Crippen molar-refractivity contribution in [2.45, 2.75) is 31.7 Å². The monoisotopic (exact) mass is 397 g/mol. The molecular formula is C21H20FN3O2S. The summed E-state index contributed by atoms with van der Waals surface area (Å²) in [4.78, 5) is 34.3. The molecule has 1 aliphatic rings. The van der Waals surface area contributed by atoms with Gasteiger partial charge in [0, 0.05) is 23.6 Å². The van der Waals surface area contributed by atoms with Crippen molar-refractivity contribution in [2.75, 3.05) is 6.54 Å². The van der Waals surface area contributed by atoms with E-state index in [1.807, 2.05) is 16.8 Å². The summed E-state index contributed by atoms with van der Waals surface area (Å²) in [7, 11) is 0. The lowest BCUT2D eigenvalue weighted by Crippen LogP contribution is -2.40. The third-order valence-corrected chi connectivity index (χ3v) is 5.70. The van der Waals surface area contributed by atoms with Gasteiger partial charge in [-0.3, -0.25) is 9.59 Å². The Morgan fingerprint density at radius 2 is 2.14 bits per heavy atom. The van der Waals surface area contributed by atoms with Gasteiger partial charge in [0.25, 0.3) is 5.56 Å². The zero-order valence-corrected chi connectivity index (χ0v) is 16.0. The summed E-state index contributed by atoms with van der Waals surface area (Å²) in [5.74, 6) is -0.0379. The molecule has 3 heterocycles. The molecule has 0 saturated carbocycles. The summed E-state index contributed by atoms with van der Waals surface area (Å²) < 4.78 is 14.0. The van der Waals surface area contributed by atoms with E-state index in [1.165, 1.54) is 23.5 Å². The topological polar surface area (TPSA) is 66.1 Å². The molecular weight excluding hydrogens is 377 g/mol. The highest BCUT2D eigenvalue weighted by Crippen LogP contribution is 2.30. The Labute approximate surface area is 165 Å². The summed E-state index contributed by atoms with van der Waals surface area (Å²) in [5.41, 5.74) is 1.63. The van der Waals surface area contributed by atoms with E-state index >= 15 is 0 Å². The molecule has 3 aromatic rings. The fourth-order valence-electron chi connectivity index (χ4n) is 3.61. The molecule has 0 radical (unpaired) electrons. The van der Waals surface area contributed by atoms with E-state index in [2.05, 4.69) is 9.97 Å². The highest BCUT2D eigenvalue weighted by atomic mass is 32.1. The van der Waals surface area contributed by atoms with Crippen molar-refractivity contribution in [1.29, 1.82) is 0 Å². The number of carbonyl (C=O) groups is 1. The van der Waals surface area contributed by atoms with Gasteiger partial charge in [-0.2, -0.15) is 11.3 Å². The van der Waals surface area contributed by atoms with Crippen LogP contribution in [0.2, 0.25) is 0 Å². The van der Waals surface area contributed by atoms with Gasteiger partial charge in [-0.1, -0.05) is 18.2 Å². The Balaban J connectivity index is 1.63. The number of aromatic nitrogens is 2. The van der Waals surface area contributed by atoms with Crippen molar-refractivity contribution < 1.29 is 9.18 Å². The second-order valence-corrected chi connectivity index (χ2v) is 7.67. The Morgan fingerprint density at radius 3 is 2.93 bits per heavy atom. The predicted molar refractivity (Wildman–Crippen MR) is 107 cm³/mol. The standard InChI is InChI=1S/C21H20FN3O2S/c22-16-6-2-1-5-14(16)11-20(27)25-9-4-3-7-18(25)21-23-17(12-19(26)24-21)15-8-10-28-13-15/h1-2,5-6,8,10,12-13,18H,3-4,7,9,11H2,(H,23,24,26). The van der Waals surface area contributed by atoms with Gasteiger partial charge < -0.3 is 9.88 Å². The summed E-state index contributed by atoms with van der Waals surface area (Å²) in [6.45, 7) is 0.574. The third kappa shape index (κ3) is 3.89. The van der Waals surface area contributed by atoms with E-state index in [9.17, 15) is 14.0 Å². The molecule has 1 fully saturated rings. The van der Waals surface area contributed by atoms with Crippen LogP contribution in [0.15, 0.2) is 52.0 Å². The van der Waals surface area contributed by atoms with Crippen molar-refractivity contribution in [1.82, 2.24) is 14.9 Å². The van der Waals surface area contributed by atoms with Crippen molar-refractivity contribution >= 4 is 17.2 Å². The molecule has 28 heavy (non-hydrogen) atoms. The molecule has 1 N–H and O–H groups in total. The highest BCUT2D eigenvalue weighted by molar-refractivity contribution is 7.08. The lowest BCUT2D eigenvalue weighted by atomic mass is 9.99. The SMILES string of the molecule is O=C(Cc1ccccc1F)N1CCCCC1c1nc(-c2ccsc2)cc(=O)[nH]1. The van der Waals surface area contributed by atoms with Gasteiger partial charge in [0.1, 0.15) is 11.6 Å². The number of rotatable bonds is 4. The normalized spacial score (nSPS) is 16.9. The Kier molecular flexibility index (Phi) is 5.34. The summed E-state index contributed by atoms with van der Waals surface area (Å²) in [6.07, 6.45) is 2.55. The zero-order valence-electron chi connectivity index (χ0n) is 15.2. The first-order valence-electron chi connectivity index (χ1n) is 9.28. The number of likely N-dealkylation sites (tertiary alicyclic amines) is 1. The number of nitrogens with zero attached hydrogens (tertiary/aromatic N) is 2. The van der Waals surface area contributed by atoms with Crippen LogP contribution in [0.25, 0.3) is 11.3 Å². The van der Waals surface area contributed by atoms with Crippen LogP contribution in [-0.4, -0.2) is 27.3 Å².